The van der Waals surface area contributed by atoms with Crippen LogP contribution < -0.4 is 16.2 Å². The van der Waals surface area contributed by atoms with E-state index in [-0.39, 0.29) is 5.95 Å². The second-order valence-corrected chi connectivity index (χ2v) is 7.60. The molecule has 1 aliphatic rings. The highest BCUT2D eigenvalue weighted by molar-refractivity contribution is 5.94. The molecule has 0 radical (unpaired) electrons. The molecule has 0 amide bonds. The highest BCUT2D eigenvalue weighted by Crippen LogP contribution is 2.30. The number of aromatic nitrogens is 2. The van der Waals surface area contributed by atoms with E-state index in [2.05, 4.69) is 20.9 Å². The molecule has 4 rings (SSSR count). The van der Waals surface area contributed by atoms with E-state index in [4.69, 9.17) is 16.2 Å². The first-order valence-electron chi connectivity index (χ1n) is 9.93. The van der Waals surface area contributed by atoms with Crippen molar-refractivity contribution in [3.63, 3.8) is 0 Å². The molecule has 0 saturated carbocycles. The monoisotopic (exact) mass is 395 g/mol. The molecule has 0 bridgehead atoms. The second-order valence-electron chi connectivity index (χ2n) is 7.60. The number of hydrogen-bond donors (Lipinski definition) is 2. The van der Waals surface area contributed by atoms with Gasteiger partial charge in [-0.3, -0.25) is 4.90 Å². The number of benzene rings is 2. The topological polar surface area (TPSA) is 90.3 Å². The number of fused-ring (bicyclic) bond motifs is 1. The van der Waals surface area contributed by atoms with Crippen molar-refractivity contribution in [1.82, 2.24) is 14.9 Å². The Morgan fingerprint density at radius 3 is 2.59 bits per heavy atom. The minimum absolute atomic E-state index is 0.163. The van der Waals surface area contributed by atoms with Crippen LogP contribution in [0.15, 0.2) is 42.5 Å². The first kappa shape index (κ1) is 19.4. The maximum absolute atomic E-state index is 12.9. The highest BCUT2D eigenvalue weighted by atomic mass is 19.1. The minimum Gasteiger partial charge on any atom is -0.492 e. The van der Waals surface area contributed by atoms with E-state index in [1.165, 1.54) is 5.56 Å². The molecule has 1 aromatic heterocycles. The lowest BCUT2D eigenvalue weighted by molar-refractivity contribution is 0.137. The van der Waals surface area contributed by atoms with E-state index in [9.17, 15) is 4.39 Å². The maximum Gasteiger partial charge on any atom is 0.222 e. The molecule has 0 spiro atoms. The molecule has 152 valence electrons. The van der Waals surface area contributed by atoms with Gasteiger partial charge in [-0.2, -0.15) is 4.98 Å². The lowest BCUT2D eigenvalue weighted by Crippen LogP contribution is -2.35. The molecule has 29 heavy (non-hydrogen) atoms. The molecule has 3 aromatic rings. The predicted molar refractivity (Wildman–Crippen MR) is 113 cm³/mol. The lowest BCUT2D eigenvalue weighted by atomic mass is 9.97. The van der Waals surface area contributed by atoms with Crippen molar-refractivity contribution in [1.29, 1.82) is 0 Å². The molecule has 2 aromatic carbocycles. The number of anilines is 2. The van der Waals surface area contributed by atoms with Crippen LogP contribution in [0.5, 0.6) is 5.75 Å². The third-order valence-corrected chi connectivity index (χ3v) is 5.46. The van der Waals surface area contributed by atoms with Gasteiger partial charge in [0.25, 0.3) is 0 Å². The van der Waals surface area contributed by atoms with Gasteiger partial charge in [0.15, 0.2) is 0 Å². The first-order valence-corrected chi connectivity index (χ1v) is 9.93. The molecule has 0 aliphatic carbocycles. The molecule has 7 heteroatoms. The summed E-state index contributed by atoms with van der Waals surface area (Å²) in [5.41, 5.74) is 14.3. The molecule has 0 atom stereocenters. The van der Waals surface area contributed by atoms with Gasteiger partial charge in [0, 0.05) is 6.54 Å². The van der Waals surface area contributed by atoms with Gasteiger partial charge in [-0.25, -0.2) is 9.37 Å². The van der Waals surface area contributed by atoms with Crippen molar-refractivity contribution in [2.45, 2.75) is 26.1 Å². The van der Waals surface area contributed by atoms with E-state index in [0.29, 0.717) is 35.0 Å². The van der Waals surface area contributed by atoms with Crippen LogP contribution in [0.2, 0.25) is 0 Å². The Morgan fingerprint density at radius 2 is 1.79 bits per heavy atom. The van der Waals surface area contributed by atoms with E-state index >= 15 is 0 Å². The smallest absolute Gasteiger partial charge is 0.222 e. The molecule has 4 N–H and O–H groups in total. The van der Waals surface area contributed by atoms with Gasteiger partial charge < -0.3 is 16.2 Å². The van der Waals surface area contributed by atoms with Crippen molar-refractivity contribution < 1.29 is 9.13 Å². The molecule has 1 fully saturated rings. The highest BCUT2D eigenvalue weighted by Gasteiger charge is 2.20. The summed E-state index contributed by atoms with van der Waals surface area (Å²) in [4.78, 5) is 10.7. The fourth-order valence-electron chi connectivity index (χ4n) is 3.91. The third kappa shape index (κ3) is 4.56. The SMILES string of the molecule is Nc1nc(N)c2c(OCC3CCN(Cc4cccc(CF)c4)CC3)cccc2n1. The fraction of sp³-hybridized carbons (Fsp3) is 0.364. The van der Waals surface area contributed by atoms with Crippen LogP contribution in [0.25, 0.3) is 10.9 Å². The van der Waals surface area contributed by atoms with Gasteiger partial charge in [0.1, 0.15) is 18.2 Å². The molecule has 1 saturated heterocycles. The predicted octanol–water partition coefficient (Wildman–Crippen LogP) is 3.55. The van der Waals surface area contributed by atoms with Crippen LogP contribution >= 0.6 is 0 Å². The number of likely N-dealkylation sites (tertiary alicyclic amines) is 1. The average molecular weight is 395 g/mol. The first-order chi connectivity index (χ1) is 14.1. The molecular weight excluding hydrogens is 369 g/mol. The van der Waals surface area contributed by atoms with Gasteiger partial charge in [0.2, 0.25) is 5.95 Å². The van der Waals surface area contributed by atoms with Crippen molar-refractivity contribution in [3.05, 3.63) is 53.6 Å². The third-order valence-electron chi connectivity index (χ3n) is 5.46. The summed E-state index contributed by atoms with van der Waals surface area (Å²) in [6.07, 6.45) is 2.12. The maximum atomic E-state index is 12.9. The number of nitrogens with zero attached hydrogens (tertiary/aromatic N) is 3. The summed E-state index contributed by atoms with van der Waals surface area (Å²) >= 11 is 0. The van der Waals surface area contributed by atoms with Crippen molar-refractivity contribution >= 4 is 22.7 Å². The summed E-state index contributed by atoms with van der Waals surface area (Å²) in [5, 5.41) is 0.715. The zero-order valence-electron chi connectivity index (χ0n) is 16.4. The Bertz CT molecular complexity index is 988. The zero-order chi connectivity index (χ0) is 20.2. The molecular formula is C22H26FN5O. The minimum atomic E-state index is -0.413. The van der Waals surface area contributed by atoms with Crippen LogP contribution in [-0.2, 0) is 13.2 Å². The van der Waals surface area contributed by atoms with Crippen molar-refractivity contribution in [2.24, 2.45) is 5.92 Å². The van der Waals surface area contributed by atoms with Gasteiger partial charge >= 0.3 is 0 Å². The van der Waals surface area contributed by atoms with Gasteiger partial charge in [-0.15, -0.1) is 0 Å². The van der Waals surface area contributed by atoms with Crippen molar-refractivity contribution in [2.75, 3.05) is 31.2 Å². The number of nitrogen functional groups attached to an aromatic ring is 2. The van der Waals surface area contributed by atoms with Gasteiger partial charge in [-0.05, 0) is 55.1 Å². The standard InChI is InChI=1S/C22H26FN5O/c23-12-16-3-1-4-17(11-16)13-28-9-7-15(8-10-28)14-29-19-6-2-5-18-20(19)21(24)27-22(25)26-18/h1-6,11,15H,7-10,12-14H2,(H4,24,25,26,27). The summed E-state index contributed by atoms with van der Waals surface area (Å²) in [5.74, 6) is 1.69. The fourth-order valence-corrected chi connectivity index (χ4v) is 3.91. The quantitative estimate of drug-likeness (QED) is 0.663. The van der Waals surface area contributed by atoms with Crippen LogP contribution in [-0.4, -0.2) is 34.6 Å². The number of rotatable bonds is 6. The van der Waals surface area contributed by atoms with Crippen LogP contribution in [0.1, 0.15) is 24.0 Å². The summed E-state index contributed by atoms with van der Waals surface area (Å²) in [6.45, 7) is 3.09. The molecule has 2 heterocycles. The van der Waals surface area contributed by atoms with Gasteiger partial charge in [0.05, 0.1) is 17.5 Å². The molecule has 0 unspecified atom stereocenters. The normalized spacial score (nSPS) is 15.6. The summed E-state index contributed by atoms with van der Waals surface area (Å²) in [7, 11) is 0. The zero-order valence-corrected chi connectivity index (χ0v) is 16.4. The Labute approximate surface area is 169 Å². The van der Waals surface area contributed by atoms with Crippen LogP contribution in [0.3, 0.4) is 0 Å². The van der Waals surface area contributed by atoms with Crippen molar-refractivity contribution in [3.8, 4) is 5.75 Å². The van der Waals surface area contributed by atoms with E-state index in [1.807, 2.05) is 36.4 Å². The molecule has 6 nitrogen and oxygen atoms in total. The number of hydrogen-bond acceptors (Lipinski definition) is 6. The molecule has 1 aliphatic heterocycles. The number of ether oxygens (including phenoxy) is 1. The second kappa shape index (κ2) is 8.61. The largest absolute Gasteiger partial charge is 0.492 e. The Balaban J connectivity index is 1.33. The summed E-state index contributed by atoms with van der Waals surface area (Å²) < 4.78 is 19.0. The Hall–Kier alpha value is -2.93. The van der Waals surface area contributed by atoms with Gasteiger partial charge in [-0.1, -0.05) is 30.3 Å². The summed E-state index contributed by atoms with van der Waals surface area (Å²) in [6, 6.07) is 13.4. The number of nitrogens with two attached hydrogens (primary N) is 2. The number of halogens is 1. The number of piperidine rings is 1. The Morgan fingerprint density at radius 1 is 1.03 bits per heavy atom. The van der Waals surface area contributed by atoms with Crippen LogP contribution in [0.4, 0.5) is 16.2 Å². The van der Waals surface area contributed by atoms with E-state index in [1.54, 1.807) is 0 Å². The Kier molecular flexibility index (Phi) is 5.76. The lowest BCUT2D eigenvalue weighted by Gasteiger charge is -2.32. The van der Waals surface area contributed by atoms with E-state index < -0.39 is 6.67 Å². The number of alkyl halides is 1. The van der Waals surface area contributed by atoms with E-state index in [0.717, 1.165) is 38.0 Å². The average Bonchev–Trinajstić information content (AvgIpc) is 2.73. The van der Waals surface area contributed by atoms with Crippen LogP contribution in [0, 0.1) is 5.92 Å².